The molecule has 0 unspecified atom stereocenters. The second-order valence-corrected chi connectivity index (χ2v) is 12.6. The lowest BCUT2D eigenvalue weighted by Crippen LogP contribution is -2.42. The normalized spacial score (nSPS) is 20.0. The smallest absolute Gasteiger partial charge is 0.305 e. The SMILES string of the molecule is Cc1cc(-c2c(C)cc(CC3CC(F)C3)cc2C)cc([C@H](CC(=O)O)N[S@+]([O-])C(C)(C)C)c1F. The van der Waals surface area contributed by atoms with Gasteiger partial charge in [0.1, 0.15) is 16.7 Å². The summed E-state index contributed by atoms with van der Waals surface area (Å²) >= 11 is -1.57. The fourth-order valence-corrected chi connectivity index (χ4v) is 5.49. The van der Waals surface area contributed by atoms with Crippen molar-refractivity contribution >= 4 is 17.3 Å². The van der Waals surface area contributed by atoms with E-state index in [-0.39, 0.29) is 5.56 Å². The Labute approximate surface area is 204 Å². The Morgan fingerprint density at radius 2 is 1.74 bits per heavy atom. The molecule has 3 rings (SSSR count). The highest BCUT2D eigenvalue weighted by molar-refractivity contribution is 7.90. The van der Waals surface area contributed by atoms with Gasteiger partial charge in [-0.15, -0.1) is 4.72 Å². The van der Waals surface area contributed by atoms with Crippen LogP contribution in [0.4, 0.5) is 8.78 Å². The second-order valence-electron chi connectivity index (χ2n) is 10.6. The van der Waals surface area contributed by atoms with Crippen molar-refractivity contribution in [3.05, 3.63) is 57.9 Å². The van der Waals surface area contributed by atoms with Crippen molar-refractivity contribution in [1.82, 2.24) is 4.72 Å². The first kappa shape index (κ1) is 26.6. The molecule has 0 aromatic heterocycles. The predicted octanol–water partition coefficient (Wildman–Crippen LogP) is 6.28. The van der Waals surface area contributed by atoms with E-state index >= 15 is 4.39 Å². The third-order valence-electron chi connectivity index (χ3n) is 6.43. The van der Waals surface area contributed by atoms with Gasteiger partial charge in [-0.1, -0.05) is 12.1 Å². The Kier molecular flexibility index (Phi) is 8.10. The number of benzene rings is 2. The number of aryl methyl sites for hydroxylation is 3. The van der Waals surface area contributed by atoms with E-state index in [9.17, 15) is 18.8 Å². The molecule has 1 aliphatic rings. The van der Waals surface area contributed by atoms with Gasteiger partial charge >= 0.3 is 5.97 Å². The van der Waals surface area contributed by atoms with E-state index in [0.717, 1.165) is 28.7 Å². The average Bonchev–Trinajstić information content (AvgIpc) is 2.67. The minimum Gasteiger partial charge on any atom is -0.598 e. The van der Waals surface area contributed by atoms with Crippen LogP contribution in [0.3, 0.4) is 0 Å². The van der Waals surface area contributed by atoms with Crippen molar-refractivity contribution in [2.75, 3.05) is 0 Å². The van der Waals surface area contributed by atoms with Gasteiger partial charge in [0.2, 0.25) is 0 Å². The lowest BCUT2D eigenvalue weighted by atomic mass is 9.78. The number of carboxylic acids is 1. The summed E-state index contributed by atoms with van der Waals surface area (Å²) in [7, 11) is 0. The van der Waals surface area contributed by atoms with Crippen LogP contribution < -0.4 is 4.72 Å². The zero-order chi connectivity index (χ0) is 25.4. The standard InChI is InChI=1S/C27H35F2NO3S/c1-15-7-18(10-19-11-21(28)12-19)8-16(2)25(15)20-9-17(3)26(29)22(13-20)23(14-24(31)32)30-34(33)27(4,5)6/h7-9,13,19,21,23,30H,10-12,14H2,1-6H3,(H,31,32)/t19?,21?,23-,34+/m0/s1. The van der Waals surface area contributed by atoms with E-state index in [1.807, 2.05) is 13.8 Å². The number of alkyl halides is 1. The molecule has 0 radical (unpaired) electrons. The molecular formula is C27H35F2NO3S. The Morgan fingerprint density at radius 1 is 1.15 bits per heavy atom. The molecule has 1 aliphatic carbocycles. The van der Waals surface area contributed by atoms with E-state index in [0.29, 0.717) is 24.3 Å². The molecule has 2 N–H and O–H groups in total. The van der Waals surface area contributed by atoms with Gasteiger partial charge in [-0.3, -0.25) is 4.79 Å². The third-order valence-corrected chi connectivity index (χ3v) is 8.04. The Balaban J connectivity index is 2.00. The van der Waals surface area contributed by atoms with Crippen molar-refractivity contribution in [3.8, 4) is 11.1 Å². The first-order valence-electron chi connectivity index (χ1n) is 11.7. The summed E-state index contributed by atoms with van der Waals surface area (Å²) < 4.78 is 43.4. The summed E-state index contributed by atoms with van der Waals surface area (Å²) in [6.07, 6.45) is 1.02. The van der Waals surface area contributed by atoms with Crippen LogP contribution in [0, 0.1) is 32.5 Å². The molecule has 7 heteroatoms. The van der Waals surface area contributed by atoms with Crippen molar-refractivity contribution < 1.29 is 23.2 Å². The van der Waals surface area contributed by atoms with E-state index in [1.54, 1.807) is 39.8 Å². The first-order valence-corrected chi connectivity index (χ1v) is 12.9. The fraction of sp³-hybridized carbons (Fsp3) is 0.519. The van der Waals surface area contributed by atoms with Gasteiger partial charge in [-0.2, -0.15) is 0 Å². The van der Waals surface area contributed by atoms with E-state index in [4.69, 9.17) is 0 Å². The van der Waals surface area contributed by atoms with Crippen LogP contribution in [0.1, 0.15) is 73.9 Å². The van der Waals surface area contributed by atoms with Crippen LogP contribution in [-0.2, 0) is 22.6 Å². The molecule has 1 saturated carbocycles. The second kappa shape index (κ2) is 10.3. The van der Waals surface area contributed by atoms with Gasteiger partial charge in [-0.25, -0.2) is 8.78 Å². The molecule has 2 aromatic rings. The maximum atomic E-state index is 15.3. The zero-order valence-electron chi connectivity index (χ0n) is 20.8. The summed E-state index contributed by atoms with van der Waals surface area (Å²) in [5.41, 5.74) is 5.59. The molecule has 4 nitrogen and oxygen atoms in total. The number of hydrogen-bond acceptors (Lipinski definition) is 3. The van der Waals surface area contributed by atoms with Gasteiger partial charge < -0.3 is 9.66 Å². The quantitative estimate of drug-likeness (QED) is 0.427. The minimum absolute atomic E-state index is 0.196. The van der Waals surface area contributed by atoms with Crippen LogP contribution in [-0.4, -0.2) is 26.5 Å². The minimum atomic E-state index is -1.57. The molecule has 0 heterocycles. The Hall–Kier alpha value is -1.96. The van der Waals surface area contributed by atoms with Gasteiger partial charge in [0.15, 0.2) is 0 Å². The predicted molar refractivity (Wildman–Crippen MR) is 133 cm³/mol. The summed E-state index contributed by atoms with van der Waals surface area (Å²) in [4.78, 5) is 11.6. The van der Waals surface area contributed by atoms with E-state index in [1.165, 1.54) is 5.56 Å². The number of rotatable bonds is 8. The van der Waals surface area contributed by atoms with Gasteiger partial charge in [-0.05, 0) is 112 Å². The molecule has 186 valence electrons. The average molecular weight is 492 g/mol. The zero-order valence-corrected chi connectivity index (χ0v) is 21.6. The topological polar surface area (TPSA) is 72.4 Å². The van der Waals surface area contributed by atoms with Crippen LogP contribution >= 0.6 is 0 Å². The molecule has 1 fully saturated rings. The summed E-state index contributed by atoms with van der Waals surface area (Å²) in [5, 5.41) is 9.45. The monoisotopic (exact) mass is 491 g/mol. The lowest BCUT2D eigenvalue weighted by molar-refractivity contribution is -0.137. The van der Waals surface area contributed by atoms with Crippen molar-refractivity contribution in [3.63, 3.8) is 0 Å². The van der Waals surface area contributed by atoms with Crippen LogP contribution in [0.25, 0.3) is 11.1 Å². The highest BCUT2D eigenvalue weighted by Gasteiger charge is 2.33. The maximum Gasteiger partial charge on any atom is 0.305 e. The number of halogens is 2. The van der Waals surface area contributed by atoms with Crippen molar-refractivity contribution in [2.24, 2.45) is 5.92 Å². The molecule has 0 amide bonds. The molecule has 0 spiro atoms. The highest BCUT2D eigenvalue weighted by atomic mass is 32.2. The molecule has 0 aliphatic heterocycles. The molecule has 2 atom stereocenters. The molecular weight excluding hydrogens is 456 g/mol. The lowest BCUT2D eigenvalue weighted by Gasteiger charge is -2.30. The van der Waals surface area contributed by atoms with Gasteiger partial charge in [0.05, 0.1) is 12.5 Å². The number of aliphatic carboxylic acids is 1. The number of nitrogens with one attached hydrogen (secondary N) is 1. The van der Waals surface area contributed by atoms with Crippen molar-refractivity contribution in [1.29, 1.82) is 0 Å². The van der Waals surface area contributed by atoms with Crippen LogP contribution in [0.2, 0.25) is 0 Å². The van der Waals surface area contributed by atoms with Crippen LogP contribution in [0.5, 0.6) is 0 Å². The van der Waals surface area contributed by atoms with E-state index in [2.05, 4.69) is 16.9 Å². The van der Waals surface area contributed by atoms with E-state index < -0.39 is 46.5 Å². The van der Waals surface area contributed by atoms with Gasteiger partial charge in [0, 0.05) is 16.9 Å². The highest BCUT2D eigenvalue weighted by Crippen LogP contribution is 2.37. The molecule has 2 aromatic carbocycles. The number of carboxylic acid groups (broad SMARTS) is 1. The molecule has 34 heavy (non-hydrogen) atoms. The fourth-order valence-electron chi connectivity index (χ4n) is 4.67. The van der Waals surface area contributed by atoms with Crippen LogP contribution in [0.15, 0.2) is 24.3 Å². The van der Waals surface area contributed by atoms with Crippen molar-refractivity contribution in [2.45, 2.75) is 84.2 Å². The third kappa shape index (κ3) is 6.18. The largest absolute Gasteiger partial charge is 0.598 e. The Morgan fingerprint density at radius 3 is 2.24 bits per heavy atom. The first-order chi connectivity index (χ1) is 15.8. The van der Waals surface area contributed by atoms with Gasteiger partial charge in [0.25, 0.3) is 0 Å². The summed E-state index contributed by atoms with van der Waals surface area (Å²) in [6, 6.07) is 6.72. The number of hydrogen-bond donors (Lipinski definition) is 2. The maximum absolute atomic E-state index is 15.3. The summed E-state index contributed by atoms with van der Waals surface area (Å²) in [6.45, 7) is 11.0. The molecule has 0 bridgehead atoms. The Bertz CT molecular complexity index is 1040. The summed E-state index contributed by atoms with van der Waals surface area (Å²) in [5.74, 6) is -1.22. The molecule has 0 saturated heterocycles. The number of carbonyl (C=O) groups is 1.